The Bertz CT molecular complexity index is 762. The summed E-state index contributed by atoms with van der Waals surface area (Å²) >= 11 is 1.62. The standard InChI is InChI=1S/C17H18N4O2S/c22-16-12-4-1-2-5-13(12)19-15(14-6-3-11-24-14)21(16)10-9-20-8-7-18-17(20)23/h1-6,11,15,19H,7-10H2,(H,18,23)/t15-/m1/s1. The van der Waals surface area contributed by atoms with Gasteiger partial charge in [-0.3, -0.25) is 4.79 Å². The number of carbonyl (C=O) groups is 2. The van der Waals surface area contributed by atoms with Crippen LogP contribution in [0.15, 0.2) is 41.8 Å². The van der Waals surface area contributed by atoms with Gasteiger partial charge in [0, 0.05) is 36.7 Å². The Labute approximate surface area is 144 Å². The average Bonchev–Trinajstić information content (AvgIpc) is 3.26. The maximum atomic E-state index is 13.0. The zero-order valence-corrected chi connectivity index (χ0v) is 13.9. The third-order valence-electron chi connectivity index (χ3n) is 4.39. The van der Waals surface area contributed by atoms with E-state index < -0.39 is 0 Å². The summed E-state index contributed by atoms with van der Waals surface area (Å²) in [7, 11) is 0. The van der Waals surface area contributed by atoms with Crippen LogP contribution in [0.5, 0.6) is 0 Å². The lowest BCUT2D eigenvalue weighted by Crippen LogP contribution is -2.46. The topological polar surface area (TPSA) is 64.7 Å². The molecule has 2 N–H and O–H groups in total. The number of thiophene rings is 1. The van der Waals surface area contributed by atoms with E-state index in [-0.39, 0.29) is 18.1 Å². The van der Waals surface area contributed by atoms with Gasteiger partial charge < -0.3 is 20.4 Å². The normalized spacial score (nSPS) is 19.9. The van der Waals surface area contributed by atoms with Crippen LogP contribution in [0.2, 0.25) is 0 Å². The number of carbonyl (C=O) groups excluding carboxylic acids is 2. The molecule has 3 amide bonds. The van der Waals surface area contributed by atoms with E-state index in [2.05, 4.69) is 10.6 Å². The number of urea groups is 1. The van der Waals surface area contributed by atoms with Crippen molar-refractivity contribution in [3.8, 4) is 0 Å². The smallest absolute Gasteiger partial charge is 0.317 e. The maximum absolute atomic E-state index is 13.0. The lowest BCUT2D eigenvalue weighted by Gasteiger charge is -2.38. The Hall–Kier alpha value is -2.54. The molecule has 0 aliphatic carbocycles. The highest BCUT2D eigenvalue weighted by Gasteiger charge is 2.34. The molecule has 1 saturated heterocycles. The van der Waals surface area contributed by atoms with Gasteiger partial charge in [-0.25, -0.2) is 4.79 Å². The van der Waals surface area contributed by atoms with Gasteiger partial charge >= 0.3 is 6.03 Å². The van der Waals surface area contributed by atoms with Crippen molar-refractivity contribution in [3.63, 3.8) is 0 Å². The van der Waals surface area contributed by atoms with Crippen molar-refractivity contribution < 1.29 is 9.59 Å². The van der Waals surface area contributed by atoms with Gasteiger partial charge in [0.2, 0.25) is 0 Å². The van der Waals surface area contributed by atoms with Crippen molar-refractivity contribution in [1.29, 1.82) is 0 Å². The molecular weight excluding hydrogens is 324 g/mol. The van der Waals surface area contributed by atoms with Gasteiger partial charge in [0.25, 0.3) is 5.91 Å². The number of para-hydroxylation sites is 1. The van der Waals surface area contributed by atoms with Gasteiger partial charge in [0.05, 0.1) is 5.56 Å². The molecule has 2 aromatic rings. The van der Waals surface area contributed by atoms with Crippen molar-refractivity contribution in [2.75, 3.05) is 31.5 Å². The Balaban J connectivity index is 1.61. The Morgan fingerprint density at radius 2 is 2.00 bits per heavy atom. The first-order chi connectivity index (χ1) is 11.7. The molecule has 1 aromatic heterocycles. The minimum atomic E-state index is -0.196. The molecule has 0 bridgehead atoms. The van der Waals surface area contributed by atoms with Gasteiger partial charge in [0.15, 0.2) is 0 Å². The van der Waals surface area contributed by atoms with E-state index in [1.807, 2.05) is 46.7 Å². The number of rotatable bonds is 4. The number of amides is 3. The fourth-order valence-electron chi connectivity index (χ4n) is 3.15. The summed E-state index contributed by atoms with van der Waals surface area (Å²) in [6.07, 6.45) is -0.196. The van der Waals surface area contributed by atoms with Gasteiger partial charge in [0.1, 0.15) is 6.17 Å². The second-order valence-electron chi connectivity index (χ2n) is 5.83. The Morgan fingerprint density at radius 3 is 2.75 bits per heavy atom. The van der Waals surface area contributed by atoms with Crippen molar-refractivity contribution in [3.05, 3.63) is 52.2 Å². The second-order valence-corrected chi connectivity index (χ2v) is 6.80. The number of hydrogen-bond acceptors (Lipinski definition) is 4. The predicted octanol–water partition coefficient (Wildman–Crippen LogP) is 2.34. The van der Waals surface area contributed by atoms with Gasteiger partial charge in [-0.1, -0.05) is 18.2 Å². The first-order valence-electron chi connectivity index (χ1n) is 7.97. The summed E-state index contributed by atoms with van der Waals surface area (Å²) in [6, 6.07) is 11.5. The molecular formula is C17H18N4O2S. The van der Waals surface area contributed by atoms with E-state index in [0.717, 1.165) is 10.6 Å². The SMILES string of the molecule is O=C1NCCN1CCN1C(=O)c2ccccc2N[C@H]1c1cccs1. The molecule has 1 fully saturated rings. The Kier molecular flexibility index (Phi) is 3.86. The lowest BCUT2D eigenvalue weighted by atomic mass is 10.1. The number of fused-ring (bicyclic) bond motifs is 1. The summed E-state index contributed by atoms with van der Waals surface area (Å²) in [5.74, 6) is 0.00218. The largest absolute Gasteiger partial charge is 0.360 e. The van der Waals surface area contributed by atoms with Crippen LogP contribution in [0.25, 0.3) is 0 Å². The molecule has 1 atom stereocenters. The number of nitrogens with one attached hydrogen (secondary N) is 2. The molecule has 4 rings (SSSR count). The average molecular weight is 342 g/mol. The molecule has 1 aromatic carbocycles. The highest BCUT2D eigenvalue weighted by Crippen LogP contribution is 2.34. The minimum absolute atomic E-state index is 0.00218. The summed E-state index contributed by atoms with van der Waals surface area (Å²) < 4.78 is 0. The lowest BCUT2D eigenvalue weighted by molar-refractivity contribution is 0.0671. The fraction of sp³-hybridized carbons (Fsp3) is 0.294. The maximum Gasteiger partial charge on any atom is 0.317 e. The van der Waals surface area contributed by atoms with Gasteiger partial charge in [-0.2, -0.15) is 0 Å². The zero-order valence-electron chi connectivity index (χ0n) is 13.1. The van der Waals surface area contributed by atoms with Gasteiger partial charge in [-0.05, 0) is 23.6 Å². The molecule has 0 unspecified atom stereocenters. The van der Waals surface area contributed by atoms with Crippen molar-refractivity contribution in [2.45, 2.75) is 6.17 Å². The van der Waals surface area contributed by atoms with Crippen LogP contribution in [-0.4, -0.2) is 47.9 Å². The van der Waals surface area contributed by atoms with E-state index in [4.69, 9.17) is 0 Å². The first-order valence-corrected chi connectivity index (χ1v) is 8.85. The third-order valence-corrected chi connectivity index (χ3v) is 5.32. The highest BCUT2D eigenvalue weighted by atomic mass is 32.1. The number of nitrogens with zero attached hydrogens (tertiary/aromatic N) is 2. The molecule has 0 saturated carbocycles. The third kappa shape index (κ3) is 2.60. The summed E-state index contributed by atoms with van der Waals surface area (Å²) in [4.78, 5) is 29.4. The fourth-order valence-corrected chi connectivity index (χ4v) is 3.93. The minimum Gasteiger partial charge on any atom is -0.360 e. The highest BCUT2D eigenvalue weighted by molar-refractivity contribution is 7.10. The molecule has 7 heteroatoms. The number of anilines is 1. The molecule has 124 valence electrons. The first kappa shape index (κ1) is 15.0. The van der Waals surface area contributed by atoms with Gasteiger partial charge in [-0.15, -0.1) is 11.3 Å². The molecule has 2 aliphatic heterocycles. The monoisotopic (exact) mass is 342 g/mol. The van der Waals surface area contributed by atoms with Crippen molar-refractivity contribution in [1.82, 2.24) is 15.1 Å². The van der Waals surface area contributed by atoms with Crippen LogP contribution in [0.4, 0.5) is 10.5 Å². The van der Waals surface area contributed by atoms with Crippen LogP contribution < -0.4 is 10.6 Å². The van der Waals surface area contributed by atoms with Crippen LogP contribution in [0, 0.1) is 0 Å². The summed E-state index contributed by atoms with van der Waals surface area (Å²) in [5.41, 5.74) is 1.53. The van der Waals surface area contributed by atoms with Crippen LogP contribution in [0.1, 0.15) is 21.4 Å². The van der Waals surface area contributed by atoms with Crippen LogP contribution >= 0.6 is 11.3 Å². The molecule has 6 nitrogen and oxygen atoms in total. The Morgan fingerprint density at radius 1 is 1.12 bits per heavy atom. The van der Waals surface area contributed by atoms with Crippen LogP contribution in [-0.2, 0) is 0 Å². The summed E-state index contributed by atoms with van der Waals surface area (Å²) in [5, 5.41) is 8.26. The quantitative estimate of drug-likeness (QED) is 0.896. The van der Waals surface area contributed by atoms with Crippen molar-refractivity contribution >= 4 is 29.0 Å². The van der Waals surface area contributed by atoms with E-state index >= 15 is 0 Å². The van der Waals surface area contributed by atoms with E-state index in [1.54, 1.807) is 16.2 Å². The molecule has 24 heavy (non-hydrogen) atoms. The second kappa shape index (κ2) is 6.16. The molecule has 0 radical (unpaired) electrons. The van der Waals surface area contributed by atoms with Crippen molar-refractivity contribution in [2.24, 2.45) is 0 Å². The molecule has 0 spiro atoms. The van der Waals surface area contributed by atoms with Crippen LogP contribution in [0.3, 0.4) is 0 Å². The molecule has 2 aliphatic rings. The number of benzene rings is 1. The molecule has 3 heterocycles. The van der Waals surface area contributed by atoms with E-state index in [1.165, 1.54) is 0 Å². The zero-order chi connectivity index (χ0) is 16.5. The van der Waals surface area contributed by atoms with E-state index in [9.17, 15) is 9.59 Å². The number of hydrogen-bond donors (Lipinski definition) is 2. The summed E-state index contributed by atoms with van der Waals surface area (Å²) in [6.45, 7) is 2.39. The predicted molar refractivity (Wildman–Crippen MR) is 93.1 cm³/mol. The van der Waals surface area contributed by atoms with E-state index in [0.29, 0.717) is 31.7 Å².